The average Bonchev–Trinajstić information content (AvgIpc) is 2.09. The van der Waals surface area contributed by atoms with Gasteiger partial charge in [-0.2, -0.15) is 4.39 Å². The molecular weight excluding hydrogens is 239 g/mol. The molecule has 0 aliphatic heterocycles. The Labute approximate surface area is 83.9 Å². The van der Waals surface area contributed by atoms with Crippen LogP contribution in [-0.2, 0) is 5.54 Å². The van der Waals surface area contributed by atoms with E-state index in [-0.39, 0.29) is 12.2 Å². The second kappa shape index (κ2) is 3.69. The molecule has 0 bridgehead atoms. The summed E-state index contributed by atoms with van der Waals surface area (Å²) in [7, 11) is 0. The van der Waals surface area contributed by atoms with Gasteiger partial charge in [0.25, 0.3) is 0 Å². The molecule has 0 radical (unpaired) electrons. The quantitative estimate of drug-likeness (QED) is 0.773. The number of hydrogen-bond donors (Lipinski definition) is 2. The van der Waals surface area contributed by atoms with E-state index >= 15 is 0 Å². The Morgan fingerprint density at radius 1 is 1.77 bits per heavy atom. The van der Waals surface area contributed by atoms with E-state index in [1.807, 2.05) is 0 Å². The van der Waals surface area contributed by atoms with Crippen molar-refractivity contribution in [2.45, 2.75) is 12.5 Å². The molecule has 1 aromatic heterocycles. The summed E-state index contributed by atoms with van der Waals surface area (Å²) in [5.74, 6) is -0.651. The first-order valence-corrected chi connectivity index (χ1v) is 4.48. The number of nitrogens with two attached hydrogens (primary N) is 1. The van der Waals surface area contributed by atoms with Gasteiger partial charge in [0.2, 0.25) is 5.95 Å². The van der Waals surface area contributed by atoms with Crippen LogP contribution in [0.5, 0.6) is 0 Å². The van der Waals surface area contributed by atoms with Crippen molar-refractivity contribution in [3.8, 4) is 0 Å². The maximum absolute atomic E-state index is 13.1. The van der Waals surface area contributed by atoms with Gasteiger partial charge in [0.15, 0.2) is 0 Å². The first-order chi connectivity index (χ1) is 5.97. The minimum atomic E-state index is -1.10. The van der Waals surface area contributed by atoms with Crippen molar-refractivity contribution in [2.75, 3.05) is 6.61 Å². The van der Waals surface area contributed by atoms with E-state index in [0.717, 1.165) is 0 Å². The number of rotatable bonds is 2. The highest BCUT2D eigenvalue weighted by Crippen LogP contribution is 2.22. The predicted molar refractivity (Wildman–Crippen MR) is 50.5 cm³/mol. The molecule has 1 heterocycles. The summed E-state index contributed by atoms with van der Waals surface area (Å²) in [6.07, 6.45) is 1.34. The Hall–Kier alpha value is -0.520. The third kappa shape index (κ3) is 2.24. The molecule has 3 nitrogen and oxygen atoms in total. The lowest BCUT2D eigenvalue weighted by atomic mass is 9.96. The second-order valence-electron chi connectivity index (χ2n) is 3.07. The number of halogens is 2. The molecule has 0 spiro atoms. The standard InChI is InChI=1S/C8H10BrFN2O/c1-8(11,4-13)6-2-5(9)3-12-7(6)10/h2-3,13H,4,11H2,1H3/t8-/m0/s1. The van der Waals surface area contributed by atoms with Crippen LogP contribution < -0.4 is 5.73 Å². The van der Waals surface area contributed by atoms with Crippen LogP contribution in [0, 0.1) is 5.95 Å². The average molecular weight is 249 g/mol. The van der Waals surface area contributed by atoms with Gasteiger partial charge in [0.1, 0.15) is 0 Å². The van der Waals surface area contributed by atoms with Crippen molar-refractivity contribution in [2.24, 2.45) is 5.73 Å². The van der Waals surface area contributed by atoms with Crippen molar-refractivity contribution in [3.63, 3.8) is 0 Å². The van der Waals surface area contributed by atoms with Gasteiger partial charge >= 0.3 is 0 Å². The third-order valence-electron chi connectivity index (χ3n) is 1.75. The Morgan fingerprint density at radius 3 is 2.92 bits per heavy atom. The molecule has 13 heavy (non-hydrogen) atoms. The summed E-state index contributed by atoms with van der Waals surface area (Å²) in [5, 5.41) is 8.93. The molecule has 0 fully saturated rings. The number of pyridine rings is 1. The number of aliphatic hydroxyl groups excluding tert-OH is 1. The molecule has 5 heteroatoms. The summed E-state index contributed by atoms with van der Waals surface area (Å²) < 4.78 is 13.8. The molecule has 1 rings (SSSR count). The van der Waals surface area contributed by atoms with Crippen LogP contribution in [0.1, 0.15) is 12.5 Å². The zero-order valence-electron chi connectivity index (χ0n) is 7.09. The molecule has 0 aliphatic carbocycles. The zero-order chi connectivity index (χ0) is 10.1. The lowest BCUT2D eigenvalue weighted by molar-refractivity contribution is 0.205. The van der Waals surface area contributed by atoms with E-state index in [1.165, 1.54) is 12.3 Å². The van der Waals surface area contributed by atoms with Crippen LogP contribution in [0.25, 0.3) is 0 Å². The fraction of sp³-hybridized carbons (Fsp3) is 0.375. The van der Waals surface area contributed by atoms with Crippen molar-refractivity contribution in [3.05, 3.63) is 28.2 Å². The van der Waals surface area contributed by atoms with Crippen LogP contribution >= 0.6 is 15.9 Å². The normalized spacial score (nSPS) is 15.5. The Balaban J connectivity index is 3.20. The van der Waals surface area contributed by atoms with Gasteiger partial charge in [-0.1, -0.05) is 0 Å². The molecule has 0 saturated carbocycles. The second-order valence-corrected chi connectivity index (χ2v) is 3.98. The molecule has 1 atom stereocenters. The minimum Gasteiger partial charge on any atom is -0.394 e. The number of nitrogens with zero attached hydrogens (tertiary/aromatic N) is 1. The van der Waals surface area contributed by atoms with Crippen LogP contribution in [-0.4, -0.2) is 16.7 Å². The van der Waals surface area contributed by atoms with E-state index < -0.39 is 11.5 Å². The maximum Gasteiger partial charge on any atom is 0.218 e. The third-order valence-corrected chi connectivity index (χ3v) is 2.18. The van der Waals surface area contributed by atoms with E-state index in [0.29, 0.717) is 4.47 Å². The molecule has 72 valence electrons. The smallest absolute Gasteiger partial charge is 0.218 e. The molecular formula is C8H10BrFN2O. The van der Waals surface area contributed by atoms with E-state index in [1.54, 1.807) is 6.92 Å². The predicted octanol–water partition coefficient (Wildman–Crippen LogP) is 1.15. The van der Waals surface area contributed by atoms with Crippen LogP contribution in [0.2, 0.25) is 0 Å². The summed E-state index contributed by atoms with van der Waals surface area (Å²) in [4.78, 5) is 3.49. The van der Waals surface area contributed by atoms with Crippen molar-refractivity contribution in [1.82, 2.24) is 4.98 Å². The van der Waals surface area contributed by atoms with Gasteiger partial charge in [-0.3, -0.25) is 0 Å². The van der Waals surface area contributed by atoms with E-state index in [2.05, 4.69) is 20.9 Å². The molecule has 0 aliphatic rings. The highest BCUT2D eigenvalue weighted by Gasteiger charge is 2.24. The summed E-state index contributed by atoms with van der Waals surface area (Å²) >= 11 is 3.15. The fourth-order valence-corrected chi connectivity index (χ4v) is 1.24. The number of aliphatic hydroxyl groups is 1. The van der Waals surface area contributed by atoms with Gasteiger partial charge in [0, 0.05) is 16.2 Å². The lowest BCUT2D eigenvalue weighted by Crippen LogP contribution is -2.38. The van der Waals surface area contributed by atoms with Gasteiger partial charge in [0.05, 0.1) is 12.1 Å². The number of hydrogen-bond acceptors (Lipinski definition) is 3. The van der Waals surface area contributed by atoms with Gasteiger partial charge in [-0.15, -0.1) is 0 Å². The first kappa shape index (κ1) is 10.6. The molecule has 1 aromatic rings. The SMILES string of the molecule is C[C@](N)(CO)c1cc(Br)cnc1F. The largest absolute Gasteiger partial charge is 0.394 e. The Bertz CT molecular complexity index is 317. The Kier molecular flexibility index (Phi) is 3.00. The van der Waals surface area contributed by atoms with Crippen LogP contribution in [0.15, 0.2) is 16.7 Å². The van der Waals surface area contributed by atoms with E-state index in [4.69, 9.17) is 10.8 Å². The number of aromatic nitrogens is 1. The zero-order valence-corrected chi connectivity index (χ0v) is 8.68. The van der Waals surface area contributed by atoms with Crippen molar-refractivity contribution >= 4 is 15.9 Å². The lowest BCUT2D eigenvalue weighted by Gasteiger charge is -2.22. The highest BCUT2D eigenvalue weighted by molar-refractivity contribution is 9.10. The topological polar surface area (TPSA) is 59.1 Å². The van der Waals surface area contributed by atoms with Gasteiger partial charge in [-0.25, -0.2) is 4.98 Å². The maximum atomic E-state index is 13.1. The van der Waals surface area contributed by atoms with Crippen molar-refractivity contribution < 1.29 is 9.50 Å². The van der Waals surface area contributed by atoms with Crippen LogP contribution in [0.4, 0.5) is 4.39 Å². The minimum absolute atomic E-state index is 0.198. The molecule has 3 N–H and O–H groups in total. The molecule has 0 unspecified atom stereocenters. The summed E-state index contributed by atoms with van der Waals surface area (Å²) in [5.41, 5.74) is 4.76. The van der Waals surface area contributed by atoms with Gasteiger partial charge < -0.3 is 10.8 Å². The highest BCUT2D eigenvalue weighted by atomic mass is 79.9. The molecule has 0 amide bonds. The molecule has 0 aromatic carbocycles. The fourth-order valence-electron chi connectivity index (χ4n) is 0.908. The molecule has 0 saturated heterocycles. The van der Waals surface area contributed by atoms with E-state index in [9.17, 15) is 4.39 Å². The monoisotopic (exact) mass is 248 g/mol. The van der Waals surface area contributed by atoms with Crippen molar-refractivity contribution in [1.29, 1.82) is 0 Å². The Morgan fingerprint density at radius 2 is 2.38 bits per heavy atom. The summed E-state index contributed by atoms with van der Waals surface area (Å²) in [6.45, 7) is 1.21. The van der Waals surface area contributed by atoms with Crippen LogP contribution in [0.3, 0.4) is 0 Å². The summed E-state index contributed by atoms with van der Waals surface area (Å²) in [6, 6.07) is 1.51. The van der Waals surface area contributed by atoms with Gasteiger partial charge in [-0.05, 0) is 28.9 Å². The first-order valence-electron chi connectivity index (χ1n) is 3.68.